The van der Waals surface area contributed by atoms with Crippen LogP contribution in [0.1, 0.15) is 19.4 Å². The smallest absolute Gasteiger partial charge is 0.317 e. The number of carbonyl (C=O) groups is 1. The first-order valence-electron chi connectivity index (χ1n) is 5.29. The average molecular weight is 243 g/mol. The highest BCUT2D eigenvalue weighted by atomic mass is 19.1. The number of nitrogens with zero attached hydrogens (tertiary/aromatic N) is 1. The molecule has 0 radical (unpaired) electrons. The topological polar surface area (TPSA) is 40.5 Å². The van der Waals surface area contributed by atoms with Gasteiger partial charge in [-0.25, -0.2) is 8.78 Å². The summed E-state index contributed by atoms with van der Waals surface area (Å²) in [6.07, 6.45) is 0. The number of hydrogen-bond acceptors (Lipinski definition) is 2. The van der Waals surface area contributed by atoms with Gasteiger partial charge in [0.1, 0.15) is 11.6 Å². The fourth-order valence-corrected chi connectivity index (χ4v) is 1.53. The maximum Gasteiger partial charge on any atom is 0.317 e. The van der Waals surface area contributed by atoms with Crippen LogP contribution in [0.3, 0.4) is 0 Å². The van der Waals surface area contributed by atoms with Crippen LogP contribution in [0.15, 0.2) is 18.2 Å². The molecular weight excluding hydrogens is 228 g/mol. The zero-order valence-corrected chi connectivity index (χ0v) is 9.78. The maximum absolute atomic E-state index is 13.0. The second-order valence-corrected chi connectivity index (χ2v) is 4.17. The van der Waals surface area contributed by atoms with Gasteiger partial charge in [0.25, 0.3) is 0 Å². The molecule has 1 aromatic rings. The number of carboxylic acids is 1. The highest BCUT2D eigenvalue weighted by Gasteiger charge is 2.14. The Morgan fingerprint density at radius 1 is 1.29 bits per heavy atom. The lowest BCUT2D eigenvalue weighted by Crippen LogP contribution is -2.35. The van der Waals surface area contributed by atoms with E-state index in [0.29, 0.717) is 5.56 Å². The van der Waals surface area contributed by atoms with Crippen molar-refractivity contribution in [2.24, 2.45) is 0 Å². The van der Waals surface area contributed by atoms with Crippen molar-refractivity contribution in [3.05, 3.63) is 35.4 Å². The molecule has 3 nitrogen and oxygen atoms in total. The standard InChI is InChI=1S/C12H15F2NO2/c1-8(2)15(7-12(16)17)6-9-3-10(13)5-11(14)4-9/h3-5,8H,6-7H2,1-2H3,(H,16,17). The summed E-state index contributed by atoms with van der Waals surface area (Å²) in [4.78, 5) is 12.3. The first-order valence-corrected chi connectivity index (χ1v) is 5.29. The van der Waals surface area contributed by atoms with E-state index in [1.54, 1.807) is 4.90 Å². The number of hydrogen-bond donors (Lipinski definition) is 1. The van der Waals surface area contributed by atoms with Crippen molar-refractivity contribution in [1.82, 2.24) is 4.90 Å². The molecule has 94 valence electrons. The van der Waals surface area contributed by atoms with Gasteiger partial charge in [-0.2, -0.15) is 0 Å². The Labute approximate surface area is 98.7 Å². The second-order valence-electron chi connectivity index (χ2n) is 4.17. The van der Waals surface area contributed by atoms with Gasteiger partial charge in [-0.3, -0.25) is 9.69 Å². The quantitative estimate of drug-likeness (QED) is 0.862. The van der Waals surface area contributed by atoms with Gasteiger partial charge in [-0.1, -0.05) is 0 Å². The van der Waals surface area contributed by atoms with Crippen LogP contribution in [0, 0.1) is 11.6 Å². The van der Waals surface area contributed by atoms with Crippen molar-refractivity contribution in [2.45, 2.75) is 26.4 Å². The largest absolute Gasteiger partial charge is 0.480 e. The van der Waals surface area contributed by atoms with E-state index in [4.69, 9.17) is 5.11 Å². The molecule has 0 saturated heterocycles. The average Bonchev–Trinajstić information content (AvgIpc) is 2.13. The first-order chi connectivity index (χ1) is 7.88. The molecule has 0 spiro atoms. The van der Waals surface area contributed by atoms with Crippen molar-refractivity contribution in [2.75, 3.05) is 6.54 Å². The van der Waals surface area contributed by atoms with E-state index >= 15 is 0 Å². The van der Waals surface area contributed by atoms with Gasteiger partial charge in [0.05, 0.1) is 6.54 Å². The molecule has 0 heterocycles. The Kier molecular flexibility index (Phi) is 4.57. The summed E-state index contributed by atoms with van der Waals surface area (Å²) in [5.74, 6) is -2.27. The maximum atomic E-state index is 13.0. The van der Waals surface area contributed by atoms with Crippen LogP contribution in [0.4, 0.5) is 8.78 Å². The molecule has 0 fully saturated rings. The normalized spacial score (nSPS) is 11.2. The minimum Gasteiger partial charge on any atom is -0.480 e. The summed E-state index contributed by atoms with van der Waals surface area (Å²) in [5, 5.41) is 8.73. The molecule has 1 N–H and O–H groups in total. The summed E-state index contributed by atoms with van der Waals surface area (Å²) in [6, 6.07) is 3.19. The van der Waals surface area contributed by atoms with Gasteiger partial charge in [0, 0.05) is 18.7 Å². The fourth-order valence-electron chi connectivity index (χ4n) is 1.53. The van der Waals surface area contributed by atoms with E-state index in [1.807, 2.05) is 13.8 Å². The van der Waals surface area contributed by atoms with Crippen LogP contribution < -0.4 is 0 Å². The monoisotopic (exact) mass is 243 g/mol. The zero-order valence-electron chi connectivity index (χ0n) is 9.78. The van der Waals surface area contributed by atoms with Crippen molar-refractivity contribution >= 4 is 5.97 Å². The number of carboxylic acid groups (broad SMARTS) is 1. The lowest BCUT2D eigenvalue weighted by molar-refractivity contribution is -0.138. The van der Waals surface area contributed by atoms with Crippen molar-refractivity contribution in [3.8, 4) is 0 Å². The summed E-state index contributed by atoms with van der Waals surface area (Å²) in [5.41, 5.74) is 0.428. The zero-order chi connectivity index (χ0) is 13.0. The van der Waals surface area contributed by atoms with E-state index in [-0.39, 0.29) is 19.1 Å². The highest BCUT2D eigenvalue weighted by Crippen LogP contribution is 2.12. The van der Waals surface area contributed by atoms with Crippen LogP contribution in [-0.2, 0) is 11.3 Å². The summed E-state index contributed by atoms with van der Waals surface area (Å²) >= 11 is 0. The van der Waals surface area contributed by atoms with E-state index in [0.717, 1.165) is 6.07 Å². The second kappa shape index (κ2) is 5.72. The molecule has 1 aromatic carbocycles. The predicted octanol–water partition coefficient (Wildman–Crippen LogP) is 2.26. The Bertz CT molecular complexity index is 387. The molecule has 1 rings (SSSR count). The SMILES string of the molecule is CC(C)N(CC(=O)O)Cc1cc(F)cc(F)c1. The number of benzene rings is 1. The Morgan fingerprint density at radius 3 is 2.24 bits per heavy atom. The fraction of sp³-hybridized carbons (Fsp3) is 0.417. The van der Waals surface area contributed by atoms with Crippen LogP contribution in [0.2, 0.25) is 0 Å². The lowest BCUT2D eigenvalue weighted by Gasteiger charge is -2.24. The van der Waals surface area contributed by atoms with Crippen LogP contribution in [-0.4, -0.2) is 28.6 Å². The molecule has 0 aliphatic carbocycles. The molecule has 0 aliphatic heterocycles. The number of aliphatic carboxylic acids is 1. The van der Waals surface area contributed by atoms with Crippen LogP contribution in [0.5, 0.6) is 0 Å². The van der Waals surface area contributed by atoms with E-state index < -0.39 is 17.6 Å². The van der Waals surface area contributed by atoms with Crippen molar-refractivity contribution in [1.29, 1.82) is 0 Å². The molecule has 17 heavy (non-hydrogen) atoms. The van der Waals surface area contributed by atoms with Crippen LogP contribution in [0.25, 0.3) is 0 Å². The molecule has 0 bridgehead atoms. The summed E-state index contributed by atoms with van der Waals surface area (Å²) in [6.45, 7) is 3.71. The van der Waals surface area contributed by atoms with Crippen LogP contribution >= 0.6 is 0 Å². The summed E-state index contributed by atoms with van der Waals surface area (Å²) < 4.78 is 25.9. The lowest BCUT2D eigenvalue weighted by atomic mass is 10.1. The third-order valence-corrected chi connectivity index (χ3v) is 2.38. The van der Waals surface area contributed by atoms with E-state index in [9.17, 15) is 13.6 Å². The first kappa shape index (κ1) is 13.6. The van der Waals surface area contributed by atoms with Gasteiger partial charge in [-0.05, 0) is 31.5 Å². The van der Waals surface area contributed by atoms with Crippen molar-refractivity contribution in [3.63, 3.8) is 0 Å². The third kappa shape index (κ3) is 4.48. The molecule has 5 heteroatoms. The third-order valence-electron chi connectivity index (χ3n) is 2.38. The number of rotatable bonds is 5. The van der Waals surface area contributed by atoms with E-state index in [2.05, 4.69) is 0 Å². The molecule has 0 aliphatic rings. The Morgan fingerprint density at radius 2 is 1.82 bits per heavy atom. The molecule has 0 saturated carbocycles. The van der Waals surface area contributed by atoms with Gasteiger partial charge in [0.15, 0.2) is 0 Å². The van der Waals surface area contributed by atoms with Gasteiger partial charge < -0.3 is 5.11 Å². The van der Waals surface area contributed by atoms with Gasteiger partial charge >= 0.3 is 5.97 Å². The highest BCUT2D eigenvalue weighted by molar-refractivity contribution is 5.69. The molecule has 0 aromatic heterocycles. The number of halogens is 2. The Hall–Kier alpha value is -1.49. The van der Waals surface area contributed by atoms with E-state index in [1.165, 1.54) is 12.1 Å². The van der Waals surface area contributed by atoms with Gasteiger partial charge in [0.2, 0.25) is 0 Å². The molecule has 0 atom stereocenters. The van der Waals surface area contributed by atoms with Crippen molar-refractivity contribution < 1.29 is 18.7 Å². The Balaban J connectivity index is 2.81. The molecule has 0 unspecified atom stereocenters. The molecular formula is C12H15F2NO2. The minimum absolute atomic E-state index is 0.0163. The van der Waals surface area contributed by atoms with Gasteiger partial charge in [-0.15, -0.1) is 0 Å². The predicted molar refractivity (Wildman–Crippen MR) is 59.5 cm³/mol. The summed E-state index contributed by atoms with van der Waals surface area (Å²) in [7, 11) is 0. The molecule has 0 amide bonds. The minimum atomic E-state index is -0.962.